The second-order valence-electron chi connectivity index (χ2n) is 2.44. The molecule has 0 fully saturated rings. The topological polar surface area (TPSA) is 37.3 Å². The number of carbonyl (C=O) groups is 1. The van der Waals surface area contributed by atoms with Crippen LogP contribution < -0.4 is 0 Å². The SMILES string of the molecule is O=C(O)/C=C\c1ccc(F)c(F)c1F. The van der Waals surface area contributed by atoms with E-state index in [1.165, 1.54) is 0 Å². The molecular weight excluding hydrogens is 197 g/mol. The molecule has 0 atom stereocenters. The molecule has 1 N–H and O–H groups in total. The molecule has 0 aromatic heterocycles. The van der Waals surface area contributed by atoms with Gasteiger partial charge >= 0.3 is 5.97 Å². The van der Waals surface area contributed by atoms with Gasteiger partial charge in [0, 0.05) is 11.6 Å². The minimum Gasteiger partial charge on any atom is -0.478 e. The van der Waals surface area contributed by atoms with Crippen LogP contribution in [-0.2, 0) is 4.79 Å². The Kier molecular flexibility index (Phi) is 2.91. The van der Waals surface area contributed by atoms with Gasteiger partial charge in [0.15, 0.2) is 17.5 Å². The van der Waals surface area contributed by atoms with Gasteiger partial charge in [0.05, 0.1) is 0 Å². The van der Waals surface area contributed by atoms with Gasteiger partial charge in [-0.05, 0) is 18.2 Å². The first-order chi connectivity index (χ1) is 6.52. The van der Waals surface area contributed by atoms with E-state index in [-0.39, 0.29) is 5.56 Å². The summed E-state index contributed by atoms with van der Waals surface area (Å²) >= 11 is 0. The summed E-state index contributed by atoms with van der Waals surface area (Å²) in [6.07, 6.45) is 1.48. The molecule has 0 aliphatic heterocycles. The normalized spacial score (nSPS) is 10.8. The van der Waals surface area contributed by atoms with E-state index < -0.39 is 23.4 Å². The third kappa shape index (κ3) is 2.12. The van der Waals surface area contributed by atoms with Crippen molar-refractivity contribution in [2.24, 2.45) is 0 Å². The van der Waals surface area contributed by atoms with E-state index >= 15 is 0 Å². The molecule has 1 rings (SSSR count). The molecule has 2 nitrogen and oxygen atoms in total. The van der Waals surface area contributed by atoms with E-state index in [1.807, 2.05) is 0 Å². The Bertz CT molecular complexity index is 399. The molecule has 1 aromatic rings. The molecule has 0 radical (unpaired) electrons. The van der Waals surface area contributed by atoms with Gasteiger partial charge in [0.25, 0.3) is 0 Å². The Balaban J connectivity index is 3.12. The molecule has 74 valence electrons. The summed E-state index contributed by atoms with van der Waals surface area (Å²) in [6, 6.07) is 1.67. The van der Waals surface area contributed by atoms with Crippen molar-refractivity contribution in [2.45, 2.75) is 0 Å². The number of rotatable bonds is 2. The van der Waals surface area contributed by atoms with E-state index in [0.29, 0.717) is 6.08 Å². The van der Waals surface area contributed by atoms with Crippen LogP contribution in [0.3, 0.4) is 0 Å². The van der Waals surface area contributed by atoms with Crippen LogP contribution in [0.4, 0.5) is 13.2 Å². The molecule has 5 heteroatoms. The van der Waals surface area contributed by atoms with Crippen LogP contribution in [-0.4, -0.2) is 11.1 Å². The predicted molar refractivity (Wildman–Crippen MR) is 43.0 cm³/mol. The van der Waals surface area contributed by atoms with Gasteiger partial charge < -0.3 is 5.11 Å². The summed E-state index contributed by atoms with van der Waals surface area (Å²) in [5.74, 6) is -5.62. The standard InChI is InChI=1S/C9H5F3O2/c10-6-3-1-5(2-4-7(13)14)8(11)9(6)12/h1-4H,(H,13,14)/b4-2-. The summed E-state index contributed by atoms with van der Waals surface area (Å²) in [4.78, 5) is 10.1. The molecule has 0 heterocycles. The zero-order valence-electron chi connectivity index (χ0n) is 6.80. The van der Waals surface area contributed by atoms with Gasteiger partial charge in [-0.2, -0.15) is 0 Å². The third-order valence-electron chi connectivity index (χ3n) is 1.47. The van der Waals surface area contributed by atoms with Gasteiger partial charge in [-0.15, -0.1) is 0 Å². The predicted octanol–water partition coefficient (Wildman–Crippen LogP) is 2.20. The molecule has 0 aliphatic carbocycles. The Labute approximate surface area is 77.3 Å². The third-order valence-corrected chi connectivity index (χ3v) is 1.47. The lowest BCUT2D eigenvalue weighted by Gasteiger charge is -1.98. The summed E-state index contributed by atoms with van der Waals surface area (Å²) in [5, 5.41) is 8.21. The van der Waals surface area contributed by atoms with Crippen LogP contribution in [0.1, 0.15) is 5.56 Å². The summed E-state index contributed by atoms with van der Waals surface area (Å²) in [6.45, 7) is 0. The maximum Gasteiger partial charge on any atom is 0.328 e. The van der Waals surface area contributed by atoms with E-state index in [4.69, 9.17) is 5.11 Å². The molecule has 14 heavy (non-hydrogen) atoms. The molecule has 0 unspecified atom stereocenters. The minimum atomic E-state index is -1.61. The second kappa shape index (κ2) is 3.95. The highest BCUT2D eigenvalue weighted by atomic mass is 19.2. The molecule has 1 aromatic carbocycles. The molecule has 0 bridgehead atoms. The number of aliphatic carboxylic acids is 1. The Hall–Kier alpha value is -1.78. The quantitative estimate of drug-likeness (QED) is 0.589. The van der Waals surface area contributed by atoms with Crippen LogP contribution in [0.2, 0.25) is 0 Å². The minimum absolute atomic E-state index is 0.314. The van der Waals surface area contributed by atoms with Crippen molar-refractivity contribution in [3.8, 4) is 0 Å². The van der Waals surface area contributed by atoms with Gasteiger partial charge in [0.1, 0.15) is 0 Å². The van der Waals surface area contributed by atoms with Crippen molar-refractivity contribution in [1.82, 2.24) is 0 Å². The lowest BCUT2D eigenvalue weighted by Crippen LogP contribution is -1.94. The highest BCUT2D eigenvalue weighted by Gasteiger charge is 2.11. The van der Waals surface area contributed by atoms with Crippen molar-refractivity contribution >= 4 is 12.0 Å². The first-order valence-corrected chi connectivity index (χ1v) is 3.57. The van der Waals surface area contributed by atoms with Crippen LogP contribution in [0.15, 0.2) is 18.2 Å². The Morgan fingerprint density at radius 3 is 2.43 bits per heavy atom. The average molecular weight is 202 g/mol. The van der Waals surface area contributed by atoms with Gasteiger partial charge in [0.2, 0.25) is 0 Å². The molecule has 0 amide bonds. The summed E-state index contributed by atoms with van der Waals surface area (Å²) < 4.78 is 37.8. The number of hydrogen-bond donors (Lipinski definition) is 1. The van der Waals surface area contributed by atoms with E-state index in [1.54, 1.807) is 0 Å². The second-order valence-corrected chi connectivity index (χ2v) is 2.44. The molecule has 0 aliphatic rings. The molecule has 0 saturated heterocycles. The number of halogens is 3. The highest BCUT2D eigenvalue weighted by Crippen LogP contribution is 2.16. The maximum atomic E-state index is 12.9. The number of carboxylic acid groups (broad SMARTS) is 1. The number of carboxylic acids is 1. The van der Waals surface area contributed by atoms with Crippen LogP contribution in [0.25, 0.3) is 6.08 Å². The lowest BCUT2D eigenvalue weighted by atomic mass is 10.2. The number of benzene rings is 1. The van der Waals surface area contributed by atoms with Crippen molar-refractivity contribution in [2.75, 3.05) is 0 Å². The van der Waals surface area contributed by atoms with Gasteiger partial charge in [-0.25, -0.2) is 18.0 Å². The smallest absolute Gasteiger partial charge is 0.328 e. The first-order valence-electron chi connectivity index (χ1n) is 3.57. The monoisotopic (exact) mass is 202 g/mol. The van der Waals surface area contributed by atoms with E-state index in [2.05, 4.69) is 0 Å². The van der Waals surface area contributed by atoms with Crippen LogP contribution in [0, 0.1) is 17.5 Å². The van der Waals surface area contributed by atoms with Gasteiger partial charge in [-0.3, -0.25) is 0 Å². The molecule has 0 spiro atoms. The summed E-state index contributed by atoms with van der Waals surface area (Å²) in [7, 11) is 0. The Morgan fingerprint density at radius 2 is 1.86 bits per heavy atom. The van der Waals surface area contributed by atoms with Gasteiger partial charge in [-0.1, -0.05) is 0 Å². The van der Waals surface area contributed by atoms with Crippen molar-refractivity contribution < 1.29 is 23.1 Å². The largest absolute Gasteiger partial charge is 0.478 e. The highest BCUT2D eigenvalue weighted by molar-refractivity contribution is 5.85. The maximum absolute atomic E-state index is 12.9. The fourth-order valence-corrected chi connectivity index (χ4v) is 0.831. The fraction of sp³-hybridized carbons (Fsp3) is 0. The lowest BCUT2D eigenvalue weighted by molar-refractivity contribution is -0.131. The molecular formula is C9H5F3O2. The van der Waals surface area contributed by atoms with E-state index in [0.717, 1.165) is 18.2 Å². The average Bonchev–Trinajstić information content (AvgIpc) is 2.13. The van der Waals surface area contributed by atoms with E-state index in [9.17, 15) is 18.0 Å². The van der Waals surface area contributed by atoms with Crippen molar-refractivity contribution in [3.63, 3.8) is 0 Å². The van der Waals surface area contributed by atoms with Crippen LogP contribution in [0.5, 0.6) is 0 Å². The number of hydrogen-bond acceptors (Lipinski definition) is 1. The zero-order chi connectivity index (χ0) is 10.7. The Morgan fingerprint density at radius 1 is 1.21 bits per heavy atom. The van der Waals surface area contributed by atoms with Crippen LogP contribution >= 0.6 is 0 Å². The first kappa shape index (κ1) is 10.3. The van der Waals surface area contributed by atoms with Crippen molar-refractivity contribution in [1.29, 1.82) is 0 Å². The zero-order valence-corrected chi connectivity index (χ0v) is 6.80. The van der Waals surface area contributed by atoms with Crippen molar-refractivity contribution in [3.05, 3.63) is 41.2 Å². The molecule has 0 saturated carbocycles. The summed E-state index contributed by atoms with van der Waals surface area (Å²) in [5.41, 5.74) is -0.314. The fourth-order valence-electron chi connectivity index (χ4n) is 0.831.